The average molecular weight is 562 g/mol. The number of carbonyl (C=O) groups is 1. The van der Waals surface area contributed by atoms with Gasteiger partial charge < -0.3 is 33.9 Å². The van der Waals surface area contributed by atoms with E-state index in [2.05, 4.69) is 9.97 Å². The Labute approximate surface area is 236 Å². The number of fused-ring (bicyclic) bond motifs is 4. The van der Waals surface area contributed by atoms with Crippen LogP contribution in [0, 0.1) is 16.6 Å². The maximum absolute atomic E-state index is 15.4. The lowest BCUT2D eigenvalue weighted by molar-refractivity contribution is -0.133. The molecule has 0 bridgehead atoms. The van der Waals surface area contributed by atoms with Gasteiger partial charge in [-0.05, 0) is 49.0 Å². The Morgan fingerprint density at radius 2 is 2.07 bits per heavy atom. The number of halogens is 1. The molecule has 2 N–H and O–H groups in total. The van der Waals surface area contributed by atoms with Crippen LogP contribution in [0.15, 0.2) is 36.4 Å². The Balaban J connectivity index is 1.02. The molecule has 1 amide bonds. The standard InChI is InChI=1S/C31H32FN3O6/c1-38-23-10-18(17-4-8-35(9-5-17)26(37)14-36)2-3-19(23)27-20(32)11-21-22(34-27)12-25(33-21)41-24-13-31(24)16-40-28-29(31)39-15-30(28)6-7-30/h2-4,10-12,24,28-29,33,36H,5-9,13-16H2,1H3. The lowest BCUT2D eigenvalue weighted by Gasteiger charge is -2.26. The summed E-state index contributed by atoms with van der Waals surface area (Å²) < 4.78 is 39.8. The molecule has 4 atom stereocenters. The van der Waals surface area contributed by atoms with Gasteiger partial charge in [0.2, 0.25) is 5.91 Å². The number of aliphatic hydroxyl groups is 1. The van der Waals surface area contributed by atoms with Gasteiger partial charge in [-0.2, -0.15) is 0 Å². The summed E-state index contributed by atoms with van der Waals surface area (Å²) in [6, 6.07) is 8.89. The number of rotatable bonds is 6. The minimum atomic E-state index is -0.490. The van der Waals surface area contributed by atoms with Crippen LogP contribution in [0.3, 0.4) is 0 Å². The maximum Gasteiger partial charge on any atom is 0.248 e. The van der Waals surface area contributed by atoms with Gasteiger partial charge in [0.1, 0.15) is 24.2 Å². The zero-order valence-electron chi connectivity index (χ0n) is 22.8. The fourth-order valence-electron chi connectivity index (χ4n) is 7.05. The number of nitrogens with zero attached hydrogens (tertiary/aromatic N) is 2. The van der Waals surface area contributed by atoms with Gasteiger partial charge in [0, 0.05) is 36.2 Å². The van der Waals surface area contributed by atoms with E-state index in [9.17, 15) is 4.79 Å². The molecule has 0 radical (unpaired) electrons. The third kappa shape index (κ3) is 3.91. The first-order valence-electron chi connectivity index (χ1n) is 14.3. The van der Waals surface area contributed by atoms with E-state index in [0.717, 1.165) is 24.2 Å². The molecule has 2 spiro atoms. The van der Waals surface area contributed by atoms with Gasteiger partial charge in [-0.15, -0.1) is 0 Å². The van der Waals surface area contributed by atoms with E-state index in [1.165, 1.54) is 18.9 Å². The van der Waals surface area contributed by atoms with Crippen LogP contribution in [0.4, 0.5) is 4.39 Å². The van der Waals surface area contributed by atoms with Crippen molar-refractivity contribution in [2.75, 3.05) is 40.0 Å². The second kappa shape index (κ2) is 9.01. The molecule has 8 rings (SSSR count). The van der Waals surface area contributed by atoms with Crippen molar-refractivity contribution in [2.24, 2.45) is 10.8 Å². The fraction of sp³-hybridized carbons (Fsp3) is 0.484. The first-order chi connectivity index (χ1) is 19.9. The van der Waals surface area contributed by atoms with Gasteiger partial charge in [0.15, 0.2) is 11.7 Å². The largest absolute Gasteiger partial charge is 0.496 e. The molecule has 3 aliphatic heterocycles. The van der Waals surface area contributed by atoms with Crippen LogP contribution < -0.4 is 9.47 Å². The molecule has 9 nitrogen and oxygen atoms in total. The average Bonchev–Trinajstić information content (AvgIpc) is 3.76. The molecule has 41 heavy (non-hydrogen) atoms. The third-order valence-electron chi connectivity index (χ3n) is 9.79. The molecule has 4 unspecified atom stereocenters. The van der Waals surface area contributed by atoms with E-state index in [-0.39, 0.29) is 40.7 Å². The number of benzene rings is 1. The maximum atomic E-state index is 15.4. The highest BCUT2D eigenvalue weighted by Gasteiger charge is 2.75. The van der Waals surface area contributed by atoms with Crippen LogP contribution in [0.1, 0.15) is 31.2 Å². The molecule has 214 valence electrons. The quantitative estimate of drug-likeness (QED) is 0.473. The Morgan fingerprint density at radius 3 is 2.83 bits per heavy atom. The van der Waals surface area contributed by atoms with E-state index in [1.807, 2.05) is 30.3 Å². The zero-order chi connectivity index (χ0) is 27.9. The van der Waals surface area contributed by atoms with Crippen LogP contribution in [0.25, 0.3) is 27.9 Å². The number of aromatic amines is 1. The number of carbonyl (C=O) groups excluding carboxylic acids is 1. The van der Waals surface area contributed by atoms with Crippen molar-refractivity contribution in [3.63, 3.8) is 0 Å². The van der Waals surface area contributed by atoms with E-state index in [0.29, 0.717) is 54.3 Å². The van der Waals surface area contributed by atoms with Gasteiger partial charge in [0.05, 0.1) is 49.0 Å². The summed E-state index contributed by atoms with van der Waals surface area (Å²) in [6.45, 7) is 1.94. The molecule has 2 saturated heterocycles. The first-order valence-corrected chi connectivity index (χ1v) is 14.3. The van der Waals surface area contributed by atoms with E-state index in [4.69, 9.17) is 24.1 Å². The molecule has 2 aliphatic carbocycles. The molecule has 5 aliphatic rings. The van der Waals surface area contributed by atoms with Crippen molar-refractivity contribution in [3.05, 3.63) is 47.8 Å². The van der Waals surface area contributed by atoms with Crippen LogP contribution in [-0.2, 0) is 14.3 Å². The Kier molecular flexibility index (Phi) is 5.55. The highest BCUT2D eigenvalue weighted by Crippen LogP contribution is 2.67. The summed E-state index contributed by atoms with van der Waals surface area (Å²) in [5.74, 6) is 0.330. The molecule has 10 heteroatoms. The number of ether oxygens (including phenoxy) is 4. The van der Waals surface area contributed by atoms with Gasteiger partial charge in [-0.1, -0.05) is 12.1 Å². The molecular formula is C31H32FN3O6. The summed E-state index contributed by atoms with van der Waals surface area (Å²) >= 11 is 0. The van der Waals surface area contributed by atoms with E-state index in [1.54, 1.807) is 12.0 Å². The monoisotopic (exact) mass is 561 g/mol. The number of pyridine rings is 1. The highest BCUT2D eigenvalue weighted by atomic mass is 19.1. The van der Waals surface area contributed by atoms with Gasteiger partial charge in [0.25, 0.3) is 0 Å². The second-order valence-corrected chi connectivity index (χ2v) is 12.1. The lowest BCUT2D eigenvalue weighted by Crippen LogP contribution is -2.36. The predicted octanol–water partition coefficient (Wildman–Crippen LogP) is 3.70. The number of aromatic nitrogens is 2. The van der Waals surface area contributed by atoms with Gasteiger partial charge in [-0.25, -0.2) is 9.37 Å². The van der Waals surface area contributed by atoms with Crippen molar-refractivity contribution in [3.8, 4) is 22.9 Å². The van der Waals surface area contributed by atoms with Crippen molar-refractivity contribution in [1.82, 2.24) is 14.9 Å². The smallest absolute Gasteiger partial charge is 0.248 e. The molecule has 2 saturated carbocycles. The Hall–Kier alpha value is -3.47. The lowest BCUT2D eigenvalue weighted by atomic mass is 9.92. The molecule has 4 fully saturated rings. The summed E-state index contributed by atoms with van der Waals surface area (Å²) in [4.78, 5) is 21.2. The van der Waals surface area contributed by atoms with Crippen LogP contribution in [-0.4, -0.2) is 84.2 Å². The number of hydrogen-bond acceptors (Lipinski definition) is 7. The zero-order valence-corrected chi connectivity index (χ0v) is 22.8. The number of methoxy groups -OCH3 is 1. The second-order valence-electron chi connectivity index (χ2n) is 12.1. The van der Waals surface area contributed by atoms with Crippen molar-refractivity contribution < 1.29 is 33.2 Å². The Bertz CT molecular complexity index is 1600. The van der Waals surface area contributed by atoms with Crippen LogP contribution >= 0.6 is 0 Å². The summed E-state index contributed by atoms with van der Waals surface area (Å²) in [6.07, 6.45) is 6.19. The number of H-pyrrole nitrogens is 1. The Morgan fingerprint density at radius 1 is 1.22 bits per heavy atom. The van der Waals surface area contributed by atoms with Crippen molar-refractivity contribution in [2.45, 2.75) is 44.0 Å². The number of amides is 1. The minimum absolute atomic E-state index is 0.000603. The fourth-order valence-corrected chi connectivity index (χ4v) is 7.05. The number of hydrogen-bond donors (Lipinski definition) is 2. The van der Waals surface area contributed by atoms with Gasteiger partial charge in [-0.3, -0.25) is 4.79 Å². The van der Waals surface area contributed by atoms with Crippen molar-refractivity contribution >= 4 is 22.5 Å². The molecule has 2 aromatic heterocycles. The van der Waals surface area contributed by atoms with Crippen LogP contribution in [0.5, 0.6) is 11.6 Å². The molecule has 5 heterocycles. The normalized spacial score (nSPS) is 29.2. The first kappa shape index (κ1) is 25.3. The minimum Gasteiger partial charge on any atom is -0.496 e. The number of aliphatic hydroxyl groups excluding tert-OH is 1. The van der Waals surface area contributed by atoms with E-state index < -0.39 is 12.4 Å². The molecule has 3 aromatic rings. The van der Waals surface area contributed by atoms with Crippen molar-refractivity contribution in [1.29, 1.82) is 0 Å². The van der Waals surface area contributed by atoms with Gasteiger partial charge >= 0.3 is 0 Å². The SMILES string of the molecule is COc1cc(C2=CCN(C(=O)CO)CC2)ccc1-c1nc2cc(OC3CC34COC3C4OCC34CC4)[nH]c2cc1F. The number of nitrogens with one attached hydrogen (secondary N) is 1. The molecule has 1 aromatic carbocycles. The summed E-state index contributed by atoms with van der Waals surface area (Å²) in [5.41, 5.74) is 4.09. The van der Waals surface area contributed by atoms with Crippen LogP contribution in [0.2, 0.25) is 0 Å². The summed E-state index contributed by atoms with van der Waals surface area (Å²) in [5, 5.41) is 9.12. The molecular weight excluding hydrogens is 529 g/mol. The third-order valence-corrected chi connectivity index (χ3v) is 9.79. The summed E-state index contributed by atoms with van der Waals surface area (Å²) in [7, 11) is 1.56. The topological polar surface area (TPSA) is 106 Å². The highest BCUT2D eigenvalue weighted by molar-refractivity contribution is 5.83. The predicted molar refractivity (Wildman–Crippen MR) is 147 cm³/mol. The van der Waals surface area contributed by atoms with E-state index >= 15 is 4.39 Å².